The Morgan fingerprint density at radius 3 is 2.50 bits per heavy atom. The summed E-state index contributed by atoms with van der Waals surface area (Å²) in [5.41, 5.74) is 6.52. The predicted molar refractivity (Wildman–Crippen MR) is 115 cm³/mol. The first-order valence-corrected chi connectivity index (χ1v) is 10.1. The van der Waals surface area contributed by atoms with Crippen molar-refractivity contribution in [1.82, 2.24) is 9.78 Å². The molecule has 1 unspecified atom stereocenters. The molecule has 0 radical (unpaired) electrons. The van der Waals surface area contributed by atoms with Crippen molar-refractivity contribution in [2.45, 2.75) is 46.1 Å². The van der Waals surface area contributed by atoms with Gasteiger partial charge in [-0.3, -0.25) is 4.68 Å². The largest absolute Gasteiger partial charge is 0.385 e. The van der Waals surface area contributed by atoms with Gasteiger partial charge in [0.1, 0.15) is 5.82 Å². The molecule has 6 heteroatoms. The summed E-state index contributed by atoms with van der Waals surface area (Å²) in [6, 6.07) is 4.72. The average Bonchev–Trinajstić information content (AvgIpc) is 2.95. The Balaban J connectivity index is 1.95. The van der Waals surface area contributed by atoms with Crippen molar-refractivity contribution in [3.63, 3.8) is 0 Å². The van der Waals surface area contributed by atoms with Gasteiger partial charge >= 0.3 is 0 Å². The summed E-state index contributed by atoms with van der Waals surface area (Å²) in [5, 5.41) is 8.59. The topological polar surface area (TPSA) is 51.6 Å². The highest BCUT2D eigenvalue weighted by molar-refractivity contribution is 5.74. The number of benzene rings is 1. The second-order valence-electron chi connectivity index (χ2n) is 7.85. The molecule has 2 aromatic rings. The number of fused-ring (bicyclic) bond motifs is 1. The van der Waals surface area contributed by atoms with Crippen LogP contribution in [0.15, 0.2) is 12.1 Å². The molecule has 1 atom stereocenters. The Hall–Kier alpha value is -2.05. The standard InChI is InChI=1S/C22H34N4O2/c1-15-12-16(2)20(17(3)13-15)26-10-7-8-19-21(25(4)24-22(19)26)23-18(14-28-6)9-11-27-5/h12-13,18,23H,7-11,14H2,1-6H3. The lowest BCUT2D eigenvalue weighted by atomic mass is 10.0. The molecule has 1 N–H and O–H groups in total. The number of aryl methyl sites for hydroxylation is 4. The monoisotopic (exact) mass is 386 g/mol. The van der Waals surface area contributed by atoms with Crippen LogP contribution in [0.5, 0.6) is 0 Å². The smallest absolute Gasteiger partial charge is 0.160 e. The molecular formula is C22H34N4O2. The van der Waals surface area contributed by atoms with E-state index >= 15 is 0 Å². The van der Waals surface area contributed by atoms with Crippen LogP contribution in [0.2, 0.25) is 0 Å². The fraction of sp³-hybridized carbons (Fsp3) is 0.591. The number of anilines is 3. The summed E-state index contributed by atoms with van der Waals surface area (Å²) < 4.78 is 12.7. The number of rotatable bonds is 8. The van der Waals surface area contributed by atoms with E-state index in [0.717, 1.165) is 37.4 Å². The van der Waals surface area contributed by atoms with E-state index in [2.05, 4.69) is 43.1 Å². The minimum atomic E-state index is 0.197. The van der Waals surface area contributed by atoms with Crippen LogP contribution in [-0.4, -0.2) is 49.8 Å². The van der Waals surface area contributed by atoms with Gasteiger partial charge in [0.05, 0.1) is 12.6 Å². The van der Waals surface area contributed by atoms with Crippen LogP contribution in [0, 0.1) is 20.8 Å². The van der Waals surface area contributed by atoms with Gasteiger partial charge in [0.25, 0.3) is 0 Å². The molecule has 28 heavy (non-hydrogen) atoms. The van der Waals surface area contributed by atoms with E-state index in [1.807, 2.05) is 11.7 Å². The summed E-state index contributed by atoms with van der Waals surface area (Å²) in [6.45, 7) is 8.90. The number of aromatic nitrogens is 2. The van der Waals surface area contributed by atoms with Gasteiger partial charge in [-0.2, -0.15) is 5.10 Å². The maximum Gasteiger partial charge on any atom is 0.160 e. The molecule has 3 rings (SSSR count). The molecule has 1 aliphatic rings. The van der Waals surface area contributed by atoms with E-state index in [-0.39, 0.29) is 6.04 Å². The third-order valence-corrected chi connectivity index (χ3v) is 5.47. The number of hydrogen-bond acceptors (Lipinski definition) is 5. The first-order valence-electron chi connectivity index (χ1n) is 10.1. The van der Waals surface area contributed by atoms with Crippen LogP contribution in [0.4, 0.5) is 17.3 Å². The van der Waals surface area contributed by atoms with Crippen LogP contribution in [0.1, 0.15) is 35.1 Å². The average molecular weight is 387 g/mol. The number of nitrogens with one attached hydrogen (secondary N) is 1. The second kappa shape index (κ2) is 8.97. The lowest BCUT2D eigenvalue weighted by Gasteiger charge is -2.31. The Morgan fingerprint density at radius 2 is 1.86 bits per heavy atom. The van der Waals surface area contributed by atoms with Crippen LogP contribution >= 0.6 is 0 Å². The van der Waals surface area contributed by atoms with Crippen molar-refractivity contribution < 1.29 is 9.47 Å². The molecule has 0 amide bonds. The molecule has 2 heterocycles. The van der Waals surface area contributed by atoms with E-state index in [1.54, 1.807) is 14.2 Å². The van der Waals surface area contributed by atoms with E-state index in [9.17, 15) is 0 Å². The number of ether oxygens (including phenoxy) is 2. The minimum Gasteiger partial charge on any atom is -0.385 e. The van der Waals surface area contributed by atoms with Gasteiger partial charge in [-0.25, -0.2) is 0 Å². The van der Waals surface area contributed by atoms with E-state index in [1.165, 1.54) is 27.9 Å². The summed E-state index contributed by atoms with van der Waals surface area (Å²) in [6.07, 6.45) is 3.05. The normalized spacial score (nSPS) is 14.9. The Kier molecular flexibility index (Phi) is 6.62. The molecule has 0 saturated carbocycles. The van der Waals surface area contributed by atoms with Gasteiger partial charge in [-0.15, -0.1) is 0 Å². The fourth-order valence-corrected chi connectivity index (χ4v) is 4.37. The SMILES string of the molecule is COCCC(COC)Nc1c2c(nn1C)N(c1c(C)cc(C)cc1C)CCC2. The molecule has 0 saturated heterocycles. The third-order valence-electron chi connectivity index (χ3n) is 5.47. The zero-order valence-corrected chi connectivity index (χ0v) is 18.1. The summed E-state index contributed by atoms with van der Waals surface area (Å²) in [5.74, 6) is 2.18. The van der Waals surface area contributed by atoms with E-state index in [4.69, 9.17) is 14.6 Å². The Labute approximate surface area is 168 Å². The molecule has 1 aromatic carbocycles. The van der Waals surface area contributed by atoms with Crippen LogP contribution < -0.4 is 10.2 Å². The molecule has 1 aromatic heterocycles. The molecule has 0 bridgehead atoms. The highest BCUT2D eigenvalue weighted by atomic mass is 16.5. The molecule has 1 aliphatic heterocycles. The van der Waals surface area contributed by atoms with Crippen molar-refractivity contribution >= 4 is 17.3 Å². The van der Waals surface area contributed by atoms with Gasteiger partial charge in [-0.05, 0) is 51.2 Å². The van der Waals surface area contributed by atoms with Gasteiger partial charge in [0, 0.05) is 45.7 Å². The van der Waals surface area contributed by atoms with Crippen molar-refractivity contribution in [2.24, 2.45) is 7.05 Å². The molecule has 0 spiro atoms. The molecule has 154 valence electrons. The summed E-state index contributed by atoms with van der Waals surface area (Å²) in [7, 11) is 5.50. The highest BCUT2D eigenvalue weighted by Crippen LogP contribution is 2.39. The first-order chi connectivity index (χ1) is 13.5. The first kappa shape index (κ1) is 20.7. The predicted octanol–water partition coefficient (Wildman–Crippen LogP) is 3.89. The maximum atomic E-state index is 5.41. The summed E-state index contributed by atoms with van der Waals surface area (Å²) in [4.78, 5) is 2.40. The van der Waals surface area contributed by atoms with Gasteiger partial charge in [-0.1, -0.05) is 17.7 Å². The fourth-order valence-electron chi connectivity index (χ4n) is 4.37. The Morgan fingerprint density at radius 1 is 1.14 bits per heavy atom. The zero-order valence-electron chi connectivity index (χ0n) is 18.1. The van der Waals surface area contributed by atoms with Crippen molar-refractivity contribution in [3.8, 4) is 0 Å². The van der Waals surface area contributed by atoms with Gasteiger partial charge in [0.15, 0.2) is 5.82 Å². The number of nitrogens with zero attached hydrogens (tertiary/aromatic N) is 3. The molecular weight excluding hydrogens is 352 g/mol. The molecule has 0 aliphatic carbocycles. The van der Waals surface area contributed by atoms with Crippen LogP contribution in [-0.2, 0) is 22.9 Å². The minimum absolute atomic E-state index is 0.197. The van der Waals surface area contributed by atoms with Crippen molar-refractivity contribution in [2.75, 3.05) is 44.2 Å². The number of hydrogen-bond donors (Lipinski definition) is 1. The van der Waals surface area contributed by atoms with E-state index < -0.39 is 0 Å². The van der Waals surface area contributed by atoms with E-state index in [0.29, 0.717) is 13.2 Å². The van der Waals surface area contributed by atoms with Gasteiger partial charge in [0.2, 0.25) is 0 Å². The lowest BCUT2D eigenvalue weighted by molar-refractivity contribution is 0.150. The van der Waals surface area contributed by atoms with Crippen LogP contribution in [0.3, 0.4) is 0 Å². The number of methoxy groups -OCH3 is 2. The Bertz CT molecular complexity index is 792. The van der Waals surface area contributed by atoms with Crippen LogP contribution in [0.25, 0.3) is 0 Å². The highest BCUT2D eigenvalue weighted by Gasteiger charge is 2.28. The van der Waals surface area contributed by atoms with Gasteiger partial charge < -0.3 is 19.7 Å². The quantitative estimate of drug-likeness (QED) is 0.746. The summed E-state index contributed by atoms with van der Waals surface area (Å²) >= 11 is 0. The molecule has 6 nitrogen and oxygen atoms in total. The maximum absolute atomic E-state index is 5.41. The lowest BCUT2D eigenvalue weighted by Crippen LogP contribution is -2.29. The third kappa shape index (κ3) is 4.18. The molecule has 0 fully saturated rings. The van der Waals surface area contributed by atoms with Crippen molar-refractivity contribution in [3.05, 3.63) is 34.4 Å². The second-order valence-corrected chi connectivity index (χ2v) is 7.85. The van der Waals surface area contributed by atoms with Crippen molar-refractivity contribution in [1.29, 1.82) is 0 Å². The zero-order chi connectivity index (χ0) is 20.3.